The summed E-state index contributed by atoms with van der Waals surface area (Å²) in [6.45, 7) is 0.427. The maximum atomic E-state index is 13.9. The molecule has 0 fully saturated rings. The van der Waals surface area contributed by atoms with Gasteiger partial charge in [-0.1, -0.05) is 23.9 Å². The molecule has 2 heterocycles. The molecule has 9 heteroatoms. The smallest absolute Gasteiger partial charge is 0.210 e. The van der Waals surface area contributed by atoms with Gasteiger partial charge in [-0.3, -0.25) is 0 Å². The van der Waals surface area contributed by atoms with Gasteiger partial charge in [0.05, 0.1) is 12.2 Å². The molecule has 3 aromatic rings. The zero-order chi connectivity index (χ0) is 18.1. The topological polar surface area (TPSA) is 75.2 Å². The van der Waals surface area contributed by atoms with Crippen molar-refractivity contribution in [3.8, 4) is 17.1 Å². The maximum absolute atomic E-state index is 13.9. The van der Waals surface area contributed by atoms with Gasteiger partial charge in [0, 0.05) is 16.9 Å². The van der Waals surface area contributed by atoms with E-state index in [1.807, 2.05) is 0 Å². The number of nitrogens with two attached hydrogens (primary N) is 1. The lowest BCUT2D eigenvalue weighted by atomic mass is 10.1. The quantitative estimate of drug-likeness (QED) is 0.557. The highest BCUT2D eigenvalue weighted by Gasteiger charge is 2.19. The van der Waals surface area contributed by atoms with Crippen LogP contribution < -0.4 is 10.6 Å². The number of benzene rings is 2. The monoisotopic (exact) mass is 376 g/mol. The highest BCUT2D eigenvalue weighted by atomic mass is 32.2. The average molecular weight is 376 g/mol. The van der Waals surface area contributed by atoms with Crippen LogP contribution in [0.2, 0.25) is 0 Å². The molecule has 6 nitrogen and oxygen atoms in total. The van der Waals surface area contributed by atoms with Crippen LogP contribution >= 0.6 is 11.8 Å². The normalized spacial score (nSPS) is 13.3. The van der Waals surface area contributed by atoms with E-state index in [0.717, 1.165) is 0 Å². The first-order valence-electron chi connectivity index (χ1n) is 7.73. The molecular weight excluding hydrogens is 362 g/mol. The molecule has 2 aromatic carbocycles. The van der Waals surface area contributed by atoms with Crippen molar-refractivity contribution in [2.45, 2.75) is 17.5 Å². The first-order valence-corrected chi connectivity index (χ1v) is 8.72. The maximum Gasteiger partial charge on any atom is 0.210 e. The van der Waals surface area contributed by atoms with Crippen molar-refractivity contribution in [2.75, 3.05) is 12.6 Å². The fourth-order valence-corrected chi connectivity index (χ4v) is 3.53. The average Bonchev–Trinajstić information content (AvgIpc) is 3.00. The summed E-state index contributed by atoms with van der Waals surface area (Å²) in [5.41, 5.74) is 1.59. The second-order valence-electron chi connectivity index (χ2n) is 5.61. The lowest BCUT2D eigenvalue weighted by Gasteiger charge is -2.20. The number of ether oxygens (including phenoxy) is 2. The van der Waals surface area contributed by atoms with Crippen molar-refractivity contribution in [3.63, 3.8) is 0 Å². The van der Waals surface area contributed by atoms with Crippen LogP contribution in [0.15, 0.2) is 41.6 Å². The summed E-state index contributed by atoms with van der Waals surface area (Å²) in [5.74, 6) is 6.41. The summed E-state index contributed by atoms with van der Waals surface area (Å²) < 4.78 is 39.6. The first kappa shape index (κ1) is 16.8. The van der Waals surface area contributed by atoms with Gasteiger partial charge in [-0.05, 0) is 24.3 Å². The number of aromatic nitrogens is 3. The highest BCUT2D eigenvalue weighted by Crippen LogP contribution is 2.34. The van der Waals surface area contributed by atoms with Crippen LogP contribution in [0.5, 0.6) is 5.75 Å². The van der Waals surface area contributed by atoms with Gasteiger partial charge in [0.25, 0.3) is 0 Å². The third-order valence-corrected chi connectivity index (χ3v) is 4.88. The molecule has 0 saturated carbocycles. The minimum Gasteiger partial charge on any atom is -0.467 e. The lowest BCUT2D eigenvalue weighted by molar-refractivity contribution is -0.0171. The molecule has 0 saturated heterocycles. The van der Waals surface area contributed by atoms with E-state index in [-0.39, 0.29) is 24.0 Å². The summed E-state index contributed by atoms with van der Waals surface area (Å²) >= 11 is 1.26. The summed E-state index contributed by atoms with van der Waals surface area (Å²) in [6, 6.07) is 8.99. The molecule has 2 N–H and O–H groups in total. The van der Waals surface area contributed by atoms with E-state index in [0.29, 0.717) is 34.4 Å². The van der Waals surface area contributed by atoms with Crippen molar-refractivity contribution in [1.29, 1.82) is 0 Å². The molecule has 0 unspecified atom stereocenters. The van der Waals surface area contributed by atoms with E-state index in [9.17, 15) is 8.78 Å². The fraction of sp³-hybridized carbons (Fsp3) is 0.176. The van der Waals surface area contributed by atoms with Crippen molar-refractivity contribution >= 4 is 11.8 Å². The number of nitrogens with zero attached hydrogens (tertiary/aromatic N) is 3. The Hall–Kier alpha value is -2.65. The van der Waals surface area contributed by atoms with Crippen molar-refractivity contribution in [2.24, 2.45) is 0 Å². The van der Waals surface area contributed by atoms with E-state index in [2.05, 4.69) is 10.2 Å². The zero-order valence-corrected chi connectivity index (χ0v) is 14.3. The van der Waals surface area contributed by atoms with Crippen molar-refractivity contribution in [1.82, 2.24) is 14.9 Å². The summed E-state index contributed by atoms with van der Waals surface area (Å²) in [5, 5.41) is 8.36. The largest absolute Gasteiger partial charge is 0.467 e. The Kier molecular flexibility index (Phi) is 4.48. The second kappa shape index (κ2) is 6.93. The molecule has 4 rings (SSSR count). The van der Waals surface area contributed by atoms with E-state index >= 15 is 0 Å². The number of thioether (sulfide) groups is 1. The molecule has 1 aliphatic heterocycles. The summed E-state index contributed by atoms with van der Waals surface area (Å²) in [6.07, 6.45) is 0. The third-order valence-electron chi connectivity index (χ3n) is 3.89. The Balaban J connectivity index is 1.59. The van der Waals surface area contributed by atoms with Crippen LogP contribution in [0.1, 0.15) is 11.1 Å². The minimum atomic E-state index is -0.434. The van der Waals surface area contributed by atoms with E-state index in [1.165, 1.54) is 34.6 Å². The van der Waals surface area contributed by atoms with Crippen LogP contribution in [0, 0.1) is 11.6 Å². The fourth-order valence-electron chi connectivity index (χ4n) is 2.71. The number of hydrogen-bond acceptors (Lipinski definition) is 6. The van der Waals surface area contributed by atoms with Gasteiger partial charge in [-0.15, -0.1) is 10.2 Å². The Labute approximate surface area is 151 Å². The Morgan fingerprint density at radius 2 is 2.04 bits per heavy atom. The Morgan fingerprint density at radius 1 is 1.19 bits per heavy atom. The number of rotatable bonds is 4. The van der Waals surface area contributed by atoms with Crippen LogP contribution in [0.4, 0.5) is 8.78 Å². The summed E-state index contributed by atoms with van der Waals surface area (Å²) in [4.78, 5) is 0. The van der Waals surface area contributed by atoms with Crippen LogP contribution in [0.3, 0.4) is 0 Å². The molecule has 0 aliphatic carbocycles. The molecule has 0 bridgehead atoms. The molecule has 0 radical (unpaired) electrons. The lowest BCUT2D eigenvalue weighted by Crippen LogP contribution is -2.14. The van der Waals surface area contributed by atoms with E-state index in [4.69, 9.17) is 15.3 Å². The SMILES string of the molecule is Nn1c(SCc2cc(F)cc3c2OCOC3)nnc1-c1ccccc1F. The predicted octanol–water partition coefficient (Wildman–Crippen LogP) is 3.10. The Morgan fingerprint density at radius 3 is 2.88 bits per heavy atom. The molecule has 0 spiro atoms. The molecular formula is C17H14F2N4O2S. The number of hydrogen-bond donors (Lipinski definition) is 1. The first-order chi connectivity index (χ1) is 12.6. The van der Waals surface area contributed by atoms with Gasteiger partial charge in [0.2, 0.25) is 5.16 Å². The second-order valence-corrected chi connectivity index (χ2v) is 6.55. The van der Waals surface area contributed by atoms with Gasteiger partial charge in [0.1, 0.15) is 17.4 Å². The molecule has 1 aliphatic rings. The van der Waals surface area contributed by atoms with Gasteiger partial charge in [-0.2, -0.15) is 0 Å². The third kappa shape index (κ3) is 3.11. The molecule has 0 atom stereocenters. The minimum absolute atomic E-state index is 0.126. The molecule has 134 valence electrons. The van der Waals surface area contributed by atoms with Crippen LogP contribution in [-0.4, -0.2) is 21.7 Å². The predicted molar refractivity (Wildman–Crippen MR) is 91.8 cm³/mol. The van der Waals surface area contributed by atoms with Gasteiger partial charge in [0.15, 0.2) is 12.6 Å². The van der Waals surface area contributed by atoms with E-state index < -0.39 is 5.82 Å². The van der Waals surface area contributed by atoms with Crippen molar-refractivity contribution < 1.29 is 18.3 Å². The standard InChI is InChI=1S/C17H14F2N4O2S/c18-12-5-10-7-24-9-25-15(10)11(6-12)8-26-17-22-21-16(23(17)20)13-3-1-2-4-14(13)19/h1-6H,7-9,20H2. The van der Waals surface area contributed by atoms with Gasteiger partial charge >= 0.3 is 0 Å². The molecule has 26 heavy (non-hydrogen) atoms. The molecule has 0 amide bonds. The highest BCUT2D eigenvalue weighted by molar-refractivity contribution is 7.98. The number of nitrogen functional groups attached to an aromatic ring is 1. The molecule has 1 aromatic heterocycles. The zero-order valence-electron chi connectivity index (χ0n) is 13.5. The summed E-state index contributed by atoms with van der Waals surface area (Å²) in [7, 11) is 0. The van der Waals surface area contributed by atoms with E-state index in [1.54, 1.807) is 18.2 Å². The van der Waals surface area contributed by atoms with Gasteiger partial charge in [-0.25, -0.2) is 13.5 Å². The van der Waals surface area contributed by atoms with Gasteiger partial charge < -0.3 is 15.3 Å². The van der Waals surface area contributed by atoms with Crippen LogP contribution in [0.25, 0.3) is 11.4 Å². The number of fused-ring (bicyclic) bond motifs is 1. The Bertz CT molecular complexity index is 964. The van der Waals surface area contributed by atoms with Crippen LogP contribution in [-0.2, 0) is 17.1 Å². The number of halogens is 2. The van der Waals surface area contributed by atoms with Crippen molar-refractivity contribution in [3.05, 3.63) is 59.2 Å².